The van der Waals surface area contributed by atoms with Crippen molar-refractivity contribution in [3.63, 3.8) is 0 Å². The number of rotatable bonds is 3. The normalized spacial score (nSPS) is 23.3. The fourth-order valence-corrected chi connectivity index (χ4v) is 4.80. The van der Waals surface area contributed by atoms with Crippen LogP contribution in [0.3, 0.4) is 0 Å². The fraction of sp³-hybridized carbons (Fsp3) is 0.391. The van der Waals surface area contributed by atoms with Gasteiger partial charge in [0.25, 0.3) is 5.91 Å². The molecular weight excluding hydrogens is 366 g/mol. The van der Waals surface area contributed by atoms with Gasteiger partial charge in [-0.2, -0.15) is 0 Å². The second-order valence-corrected chi connectivity index (χ2v) is 7.94. The monoisotopic (exact) mass is 391 g/mol. The first kappa shape index (κ1) is 18.0. The Kier molecular flexibility index (Phi) is 4.42. The van der Waals surface area contributed by atoms with Gasteiger partial charge >= 0.3 is 6.09 Å². The quantitative estimate of drug-likeness (QED) is 0.807. The number of hydrogen-bond acceptors (Lipinski definition) is 4. The zero-order chi connectivity index (χ0) is 20.0. The molecule has 29 heavy (non-hydrogen) atoms. The molecule has 3 aliphatic rings. The molecule has 0 aromatic heterocycles. The van der Waals surface area contributed by atoms with E-state index >= 15 is 0 Å². The summed E-state index contributed by atoms with van der Waals surface area (Å²) in [4.78, 5) is 31.7. The molecule has 0 radical (unpaired) electrons. The van der Waals surface area contributed by atoms with Gasteiger partial charge in [0.15, 0.2) is 0 Å². The van der Waals surface area contributed by atoms with Gasteiger partial charge in [-0.25, -0.2) is 4.79 Å². The highest BCUT2D eigenvalue weighted by molar-refractivity contribution is 6.00. The van der Waals surface area contributed by atoms with Crippen molar-refractivity contribution in [2.45, 2.75) is 32.0 Å². The van der Waals surface area contributed by atoms with E-state index in [0.29, 0.717) is 19.6 Å². The van der Waals surface area contributed by atoms with Gasteiger partial charge in [-0.15, -0.1) is 0 Å². The molecule has 3 heterocycles. The van der Waals surface area contributed by atoms with E-state index in [-0.39, 0.29) is 24.1 Å². The maximum atomic E-state index is 13.3. The van der Waals surface area contributed by atoms with E-state index in [0.717, 1.165) is 30.8 Å². The molecule has 2 amide bonds. The largest absolute Gasteiger partial charge is 0.442 e. The number of carbonyl (C=O) groups excluding carboxylic acids is 2. The topological polar surface area (TPSA) is 53.1 Å². The molecule has 2 aromatic carbocycles. The van der Waals surface area contributed by atoms with Crippen LogP contribution in [0, 0.1) is 0 Å². The lowest BCUT2D eigenvalue weighted by atomic mass is 9.92. The molecule has 150 valence electrons. The third-order valence-corrected chi connectivity index (χ3v) is 6.39. The van der Waals surface area contributed by atoms with Crippen molar-refractivity contribution in [3.8, 4) is 0 Å². The van der Waals surface area contributed by atoms with Gasteiger partial charge in [-0.3, -0.25) is 9.69 Å². The molecule has 0 N–H and O–H groups in total. The van der Waals surface area contributed by atoms with Crippen LogP contribution >= 0.6 is 0 Å². The summed E-state index contributed by atoms with van der Waals surface area (Å²) in [6, 6.07) is 16.0. The molecule has 3 aliphatic heterocycles. The lowest BCUT2D eigenvalue weighted by molar-refractivity contribution is 0.0616. The molecule has 2 aromatic rings. The Hall–Kier alpha value is -3.02. The highest BCUT2D eigenvalue weighted by Crippen LogP contribution is 2.32. The van der Waals surface area contributed by atoms with Gasteiger partial charge in [0.2, 0.25) is 0 Å². The molecule has 1 saturated heterocycles. The molecule has 2 atom stereocenters. The average Bonchev–Trinajstić information content (AvgIpc) is 2.98. The molecule has 0 aliphatic carbocycles. The van der Waals surface area contributed by atoms with Crippen LogP contribution in [0.1, 0.15) is 28.4 Å². The van der Waals surface area contributed by atoms with Gasteiger partial charge in [0.05, 0.1) is 18.2 Å². The van der Waals surface area contributed by atoms with E-state index in [4.69, 9.17) is 4.74 Å². The average molecular weight is 391 g/mol. The molecular formula is C23H25N3O3. The number of nitrogens with zero attached hydrogens (tertiary/aromatic N) is 3. The highest BCUT2D eigenvalue weighted by Gasteiger charge is 2.45. The molecule has 5 rings (SSSR count). The lowest BCUT2D eigenvalue weighted by Crippen LogP contribution is -2.47. The first-order valence-corrected chi connectivity index (χ1v) is 10.3. The Morgan fingerprint density at radius 2 is 1.69 bits per heavy atom. The van der Waals surface area contributed by atoms with E-state index in [1.807, 2.05) is 46.2 Å². The first-order valence-electron chi connectivity index (χ1n) is 10.3. The van der Waals surface area contributed by atoms with Gasteiger partial charge in [0.1, 0.15) is 6.10 Å². The number of para-hydroxylation sites is 1. The number of fused-ring (bicyclic) bond motifs is 3. The lowest BCUT2D eigenvalue weighted by Gasteiger charge is -2.32. The minimum atomic E-state index is -0.305. The Bertz CT molecular complexity index is 960. The molecule has 6 nitrogen and oxygen atoms in total. The summed E-state index contributed by atoms with van der Waals surface area (Å²) in [5.41, 5.74) is 4.16. The molecule has 0 bridgehead atoms. The van der Waals surface area contributed by atoms with Crippen LogP contribution < -0.4 is 4.90 Å². The van der Waals surface area contributed by atoms with E-state index in [2.05, 4.69) is 24.0 Å². The SMILES string of the molecule is CCN1CCN(C[C@H]2OC(=O)N3Cc4ccccc4C[C@@H]23)C(=O)c2ccccc21. The number of benzene rings is 2. The third-order valence-electron chi connectivity index (χ3n) is 6.39. The zero-order valence-corrected chi connectivity index (χ0v) is 16.6. The highest BCUT2D eigenvalue weighted by atomic mass is 16.6. The van der Waals surface area contributed by atoms with Crippen LogP contribution in [-0.4, -0.2) is 60.1 Å². The summed E-state index contributed by atoms with van der Waals surface area (Å²) in [6.07, 6.45) is 0.194. The van der Waals surface area contributed by atoms with Crippen LogP contribution in [0.5, 0.6) is 0 Å². The Labute approximate surface area is 170 Å². The van der Waals surface area contributed by atoms with Crippen molar-refractivity contribution in [2.24, 2.45) is 0 Å². The predicted octanol–water partition coefficient (Wildman–Crippen LogP) is 2.91. The summed E-state index contributed by atoms with van der Waals surface area (Å²) in [7, 11) is 0. The predicted molar refractivity (Wildman–Crippen MR) is 110 cm³/mol. The van der Waals surface area contributed by atoms with Gasteiger partial charge in [0, 0.05) is 31.9 Å². The number of hydrogen-bond donors (Lipinski definition) is 0. The molecule has 0 unspecified atom stereocenters. The summed E-state index contributed by atoms with van der Waals surface area (Å²) in [5.74, 6) is 0.0160. The van der Waals surface area contributed by atoms with E-state index in [1.54, 1.807) is 0 Å². The van der Waals surface area contributed by atoms with Crippen molar-refractivity contribution in [2.75, 3.05) is 31.1 Å². The zero-order valence-electron chi connectivity index (χ0n) is 16.6. The van der Waals surface area contributed by atoms with Crippen molar-refractivity contribution in [3.05, 3.63) is 65.2 Å². The molecule has 0 spiro atoms. The van der Waals surface area contributed by atoms with Crippen LogP contribution in [0.4, 0.5) is 10.5 Å². The Morgan fingerprint density at radius 3 is 2.52 bits per heavy atom. The Balaban J connectivity index is 1.39. The minimum Gasteiger partial charge on any atom is -0.442 e. The van der Waals surface area contributed by atoms with E-state index in [1.165, 1.54) is 11.1 Å². The number of carbonyl (C=O) groups is 2. The van der Waals surface area contributed by atoms with Crippen molar-refractivity contribution in [1.82, 2.24) is 9.80 Å². The third kappa shape index (κ3) is 3.03. The van der Waals surface area contributed by atoms with Crippen molar-refractivity contribution >= 4 is 17.7 Å². The second-order valence-electron chi connectivity index (χ2n) is 7.94. The molecule has 0 saturated carbocycles. The van der Waals surface area contributed by atoms with Gasteiger partial charge in [-0.05, 0) is 36.6 Å². The molecule has 1 fully saturated rings. The summed E-state index contributed by atoms with van der Waals surface area (Å²) in [6.45, 7) is 5.36. The van der Waals surface area contributed by atoms with Crippen molar-refractivity contribution in [1.29, 1.82) is 0 Å². The second kappa shape index (κ2) is 7.10. The van der Waals surface area contributed by atoms with Crippen LogP contribution in [0.25, 0.3) is 0 Å². The number of ether oxygens (including phenoxy) is 1. The van der Waals surface area contributed by atoms with E-state index in [9.17, 15) is 9.59 Å². The van der Waals surface area contributed by atoms with E-state index < -0.39 is 0 Å². The maximum absolute atomic E-state index is 13.3. The van der Waals surface area contributed by atoms with Gasteiger partial charge < -0.3 is 14.5 Å². The summed E-state index contributed by atoms with van der Waals surface area (Å²) in [5, 5.41) is 0. The molecule has 6 heteroatoms. The van der Waals surface area contributed by atoms with Crippen LogP contribution in [0.15, 0.2) is 48.5 Å². The first-order chi connectivity index (χ1) is 14.2. The number of anilines is 1. The smallest absolute Gasteiger partial charge is 0.410 e. The number of amides is 2. The minimum absolute atomic E-state index is 0.0160. The van der Waals surface area contributed by atoms with Crippen LogP contribution in [0.2, 0.25) is 0 Å². The number of likely N-dealkylation sites (N-methyl/N-ethyl adjacent to an activating group) is 1. The standard InChI is InChI=1S/C23H25N3O3/c1-2-24-11-12-25(22(27)18-9-5-6-10-19(18)24)15-21-20-13-16-7-3-4-8-17(16)14-26(20)23(28)29-21/h3-10,20-21H,2,11-15H2,1H3/t20-,21+/m0/s1. The Morgan fingerprint density at radius 1 is 0.966 bits per heavy atom. The van der Waals surface area contributed by atoms with Gasteiger partial charge in [-0.1, -0.05) is 36.4 Å². The summed E-state index contributed by atoms with van der Waals surface area (Å²) >= 11 is 0. The van der Waals surface area contributed by atoms with Crippen molar-refractivity contribution < 1.29 is 14.3 Å². The van der Waals surface area contributed by atoms with Crippen LogP contribution in [-0.2, 0) is 17.7 Å². The fourth-order valence-electron chi connectivity index (χ4n) is 4.80. The maximum Gasteiger partial charge on any atom is 0.410 e. The summed E-state index contributed by atoms with van der Waals surface area (Å²) < 4.78 is 5.75. The number of cyclic esters (lactones) is 1.